The number of nitrogens with one attached hydrogen (secondary N) is 1. The second-order valence-electron chi connectivity index (χ2n) is 9.85. The summed E-state index contributed by atoms with van der Waals surface area (Å²) in [6.45, 7) is 3.94. The molecule has 2 aliphatic rings. The molecule has 6 rings (SSSR count). The van der Waals surface area contributed by atoms with Crippen LogP contribution in [0, 0.1) is 11.3 Å². The van der Waals surface area contributed by atoms with E-state index < -0.39 is 0 Å². The Balaban J connectivity index is 1.13. The number of hydrogen-bond donors (Lipinski definition) is 1. The van der Waals surface area contributed by atoms with E-state index in [2.05, 4.69) is 31.4 Å². The van der Waals surface area contributed by atoms with Gasteiger partial charge in [-0.05, 0) is 48.9 Å². The summed E-state index contributed by atoms with van der Waals surface area (Å²) in [4.78, 5) is 26.1. The lowest BCUT2D eigenvalue weighted by molar-refractivity contribution is -0.121. The van der Waals surface area contributed by atoms with Crippen LogP contribution >= 0.6 is 23.2 Å². The van der Waals surface area contributed by atoms with Crippen molar-refractivity contribution in [3.05, 3.63) is 76.7 Å². The number of carbonyl (C=O) groups excluding carboxylic acids is 1. The van der Waals surface area contributed by atoms with Gasteiger partial charge in [0.05, 0.1) is 58.7 Å². The van der Waals surface area contributed by atoms with E-state index in [4.69, 9.17) is 33.2 Å². The molecule has 4 aromatic rings. The molecule has 4 heterocycles. The molecular weight excluding hydrogens is 563 g/mol. The number of nitrogens with zero attached hydrogens (tertiary/aromatic N) is 7. The van der Waals surface area contributed by atoms with Crippen molar-refractivity contribution in [3.8, 4) is 23.0 Å². The molecule has 0 aliphatic carbocycles. The molecule has 10 nitrogen and oxygen atoms in total. The number of ether oxygens (including phenoxy) is 1. The molecule has 0 bridgehead atoms. The highest BCUT2D eigenvalue weighted by atomic mass is 35.5. The van der Waals surface area contributed by atoms with Crippen molar-refractivity contribution in [1.82, 2.24) is 24.6 Å². The lowest BCUT2D eigenvalue weighted by atomic mass is 10.0. The van der Waals surface area contributed by atoms with Gasteiger partial charge in [0.1, 0.15) is 0 Å². The molecule has 0 saturated carbocycles. The first kappa shape index (κ1) is 27.2. The van der Waals surface area contributed by atoms with Crippen LogP contribution in [0.5, 0.6) is 0 Å². The highest BCUT2D eigenvalue weighted by molar-refractivity contribution is 6.33. The zero-order valence-corrected chi connectivity index (χ0v) is 23.5. The second kappa shape index (κ2) is 11.8. The van der Waals surface area contributed by atoms with E-state index in [-0.39, 0.29) is 11.9 Å². The monoisotopic (exact) mass is 588 g/mol. The summed E-state index contributed by atoms with van der Waals surface area (Å²) in [6.07, 6.45) is 6.40. The summed E-state index contributed by atoms with van der Waals surface area (Å²) in [6, 6.07) is 15.0. The van der Waals surface area contributed by atoms with Crippen LogP contribution in [0.1, 0.15) is 18.4 Å². The zero-order chi connectivity index (χ0) is 28.3. The van der Waals surface area contributed by atoms with Crippen LogP contribution in [0.4, 0.5) is 17.3 Å². The largest absolute Gasteiger partial charge is 0.379 e. The Hall–Kier alpha value is -4.01. The summed E-state index contributed by atoms with van der Waals surface area (Å²) in [5, 5.41) is 17.5. The number of benzene rings is 2. The minimum absolute atomic E-state index is 0.141. The van der Waals surface area contributed by atoms with Crippen molar-refractivity contribution in [2.24, 2.45) is 0 Å². The molecule has 12 heteroatoms. The van der Waals surface area contributed by atoms with Gasteiger partial charge in [0, 0.05) is 55.2 Å². The van der Waals surface area contributed by atoms with Gasteiger partial charge in [0.15, 0.2) is 0 Å². The van der Waals surface area contributed by atoms with E-state index in [9.17, 15) is 4.79 Å². The van der Waals surface area contributed by atoms with Gasteiger partial charge < -0.3 is 15.0 Å². The average molecular weight is 589 g/mol. The van der Waals surface area contributed by atoms with Gasteiger partial charge in [-0.1, -0.05) is 23.2 Å². The zero-order valence-electron chi connectivity index (χ0n) is 22.0. The Morgan fingerprint density at radius 1 is 1.02 bits per heavy atom. The number of morpholine rings is 1. The molecule has 0 spiro atoms. The number of carbonyl (C=O) groups is 1. The van der Waals surface area contributed by atoms with Crippen LogP contribution in [0.2, 0.25) is 10.0 Å². The van der Waals surface area contributed by atoms with Crippen molar-refractivity contribution in [2.45, 2.75) is 18.9 Å². The first-order valence-corrected chi connectivity index (χ1v) is 14.0. The Labute approximate surface area is 247 Å². The first-order valence-electron chi connectivity index (χ1n) is 13.3. The third-order valence-electron chi connectivity index (χ3n) is 7.32. The van der Waals surface area contributed by atoms with Crippen LogP contribution in [0.3, 0.4) is 0 Å². The highest BCUT2D eigenvalue weighted by Crippen LogP contribution is 2.30. The van der Waals surface area contributed by atoms with E-state index >= 15 is 0 Å². The summed E-state index contributed by atoms with van der Waals surface area (Å²) in [7, 11) is 0. The minimum atomic E-state index is 0.141. The minimum Gasteiger partial charge on any atom is -0.379 e. The number of anilines is 3. The molecular formula is C29H26Cl2N8O2. The fraction of sp³-hybridized carbons (Fsp3) is 0.276. The number of piperidine rings is 1. The molecule has 208 valence electrons. The lowest BCUT2D eigenvalue weighted by Crippen LogP contribution is -2.51. The molecule has 2 aromatic carbocycles. The predicted octanol–water partition coefficient (Wildman–Crippen LogP) is 5.08. The van der Waals surface area contributed by atoms with E-state index in [1.807, 2.05) is 29.2 Å². The van der Waals surface area contributed by atoms with Crippen molar-refractivity contribution in [2.75, 3.05) is 43.1 Å². The molecule has 2 aliphatic heterocycles. The SMILES string of the molecule is N#Cc1ccc(-n2cc(-c3nc(Nc4ccc(N5CC[C@H](N6CCOCC6)CC5=O)cc4)ncc3Cl)cn2)c(Cl)c1. The van der Waals surface area contributed by atoms with Crippen molar-refractivity contribution >= 4 is 46.4 Å². The van der Waals surface area contributed by atoms with Crippen molar-refractivity contribution in [3.63, 3.8) is 0 Å². The highest BCUT2D eigenvalue weighted by Gasteiger charge is 2.31. The molecule has 0 unspecified atom stereocenters. The van der Waals surface area contributed by atoms with Gasteiger partial charge in [0.2, 0.25) is 11.9 Å². The van der Waals surface area contributed by atoms with Gasteiger partial charge in [0.25, 0.3) is 0 Å². The van der Waals surface area contributed by atoms with Crippen LogP contribution in [-0.2, 0) is 9.53 Å². The van der Waals surface area contributed by atoms with E-state index in [0.717, 1.165) is 44.1 Å². The standard InChI is InChI=1S/C29H26Cl2N8O2/c30-24-13-19(15-32)1-6-26(24)39-18-20(16-34-39)28-25(31)17-33-29(36-28)35-21-2-4-22(5-3-21)38-8-7-23(14-27(38)40)37-9-11-41-12-10-37/h1-6,13,16-18,23H,7-12,14H2,(H,33,35,36)/t23-/m0/s1. The fourth-order valence-corrected chi connectivity index (χ4v) is 5.63. The average Bonchev–Trinajstić information content (AvgIpc) is 3.49. The molecule has 2 fully saturated rings. The van der Waals surface area contributed by atoms with Crippen molar-refractivity contribution < 1.29 is 9.53 Å². The normalized spacial score (nSPS) is 17.8. The number of halogens is 2. The molecule has 2 saturated heterocycles. The quantitative estimate of drug-likeness (QED) is 0.332. The molecule has 41 heavy (non-hydrogen) atoms. The Morgan fingerprint density at radius 3 is 2.56 bits per heavy atom. The summed E-state index contributed by atoms with van der Waals surface area (Å²) < 4.78 is 7.06. The number of amides is 1. The number of aromatic nitrogens is 4. The third kappa shape index (κ3) is 5.89. The number of rotatable bonds is 6. The Bertz CT molecular complexity index is 1610. The maximum absolute atomic E-state index is 13.0. The maximum Gasteiger partial charge on any atom is 0.228 e. The van der Waals surface area contributed by atoms with Crippen molar-refractivity contribution in [1.29, 1.82) is 5.26 Å². The van der Waals surface area contributed by atoms with Gasteiger partial charge in [-0.2, -0.15) is 10.4 Å². The first-order chi connectivity index (χ1) is 20.0. The van der Waals surface area contributed by atoms with Gasteiger partial charge >= 0.3 is 0 Å². The van der Waals surface area contributed by atoms with Crippen LogP contribution in [0.15, 0.2) is 61.1 Å². The van der Waals surface area contributed by atoms with E-state index in [1.54, 1.807) is 35.3 Å². The van der Waals surface area contributed by atoms with Crippen LogP contribution in [0.25, 0.3) is 16.9 Å². The van der Waals surface area contributed by atoms with Gasteiger partial charge in [-0.15, -0.1) is 0 Å². The molecule has 1 amide bonds. The topological polar surface area (TPSA) is 112 Å². The summed E-state index contributed by atoms with van der Waals surface area (Å²) >= 11 is 12.8. The maximum atomic E-state index is 13.0. The number of nitriles is 1. The lowest BCUT2D eigenvalue weighted by Gasteiger charge is -2.39. The van der Waals surface area contributed by atoms with Gasteiger partial charge in [-0.3, -0.25) is 9.69 Å². The van der Waals surface area contributed by atoms with E-state index in [0.29, 0.717) is 51.5 Å². The predicted molar refractivity (Wildman–Crippen MR) is 157 cm³/mol. The van der Waals surface area contributed by atoms with Crippen LogP contribution in [-0.4, -0.2) is 69.4 Å². The Morgan fingerprint density at radius 2 is 1.83 bits per heavy atom. The smallest absolute Gasteiger partial charge is 0.228 e. The van der Waals surface area contributed by atoms with E-state index in [1.165, 1.54) is 6.20 Å². The Kier molecular flexibility index (Phi) is 7.85. The van der Waals surface area contributed by atoms with Gasteiger partial charge in [-0.25, -0.2) is 14.6 Å². The molecule has 1 atom stereocenters. The second-order valence-corrected chi connectivity index (χ2v) is 10.7. The number of hydrogen-bond acceptors (Lipinski definition) is 8. The summed E-state index contributed by atoms with van der Waals surface area (Å²) in [5.74, 6) is 0.505. The molecule has 1 N–H and O–H groups in total. The molecule has 2 aromatic heterocycles. The third-order valence-corrected chi connectivity index (χ3v) is 7.90. The fourth-order valence-electron chi connectivity index (χ4n) is 5.17. The molecule has 0 radical (unpaired) electrons. The summed E-state index contributed by atoms with van der Waals surface area (Å²) in [5.41, 5.74) is 3.92. The van der Waals surface area contributed by atoms with Crippen LogP contribution < -0.4 is 10.2 Å².